The minimum absolute atomic E-state index is 0.217. The zero-order chi connectivity index (χ0) is 14.7. The minimum Gasteiger partial charge on any atom is -0.472 e. The molecule has 0 amide bonds. The van der Waals surface area contributed by atoms with Gasteiger partial charge in [0.05, 0.1) is 24.4 Å². The fourth-order valence-electron chi connectivity index (χ4n) is 2.01. The van der Waals surface area contributed by atoms with Gasteiger partial charge in [-0.1, -0.05) is 5.16 Å². The molecular weight excluding hydrogens is 270 g/mol. The van der Waals surface area contributed by atoms with E-state index in [1.807, 2.05) is 16.9 Å². The van der Waals surface area contributed by atoms with Crippen LogP contribution in [0.4, 0.5) is 0 Å². The highest BCUT2D eigenvalue weighted by Crippen LogP contribution is 2.16. The van der Waals surface area contributed by atoms with Crippen molar-refractivity contribution >= 4 is 0 Å². The Bertz CT molecular complexity index is 659. The maximum absolute atomic E-state index is 5.22. The van der Waals surface area contributed by atoms with Gasteiger partial charge in [-0.25, -0.2) is 0 Å². The summed E-state index contributed by atoms with van der Waals surface area (Å²) in [6.45, 7) is 4.71. The lowest BCUT2D eigenvalue weighted by Gasteiger charge is -2.20. The van der Waals surface area contributed by atoms with Crippen LogP contribution >= 0.6 is 0 Å². The van der Waals surface area contributed by atoms with Gasteiger partial charge in [0, 0.05) is 18.4 Å². The normalized spacial score (nSPS) is 14.2. The van der Waals surface area contributed by atoms with E-state index in [1.54, 1.807) is 24.8 Å². The summed E-state index contributed by atoms with van der Waals surface area (Å²) >= 11 is 0. The topological polar surface area (TPSA) is 81.9 Å². The van der Waals surface area contributed by atoms with E-state index >= 15 is 0 Å². The molecule has 0 radical (unpaired) electrons. The third kappa shape index (κ3) is 3.03. The Morgan fingerprint density at radius 3 is 3.00 bits per heavy atom. The summed E-state index contributed by atoms with van der Waals surface area (Å²) in [5.41, 5.74) is 0.808. The van der Waals surface area contributed by atoms with E-state index in [2.05, 4.69) is 34.4 Å². The monoisotopic (exact) mass is 287 g/mol. The van der Waals surface area contributed by atoms with Crippen LogP contribution < -0.4 is 5.32 Å². The Labute approximate surface area is 122 Å². The summed E-state index contributed by atoms with van der Waals surface area (Å²) in [6, 6.07) is 4.16. The molecule has 0 aliphatic heterocycles. The Morgan fingerprint density at radius 2 is 2.29 bits per heavy atom. The molecule has 0 aliphatic rings. The van der Waals surface area contributed by atoms with Crippen LogP contribution in [0.1, 0.15) is 25.8 Å². The van der Waals surface area contributed by atoms with E-state index in [0.717, 1.165) is 5.56 Å². The standard InChI is InChI=1S/C14H17N5O2/c1-10(11(2)19-6-3-5-16-19)15-8-13-17-14(18-21-13)12-4-7-20-9-12/h3-7,9-11,15H,8H2,1-2H3/t10-,11-/m1/s1. The number of hydrogen-bond acceptors (Lipinski definition) is 6. The minimum atomic E-state index is 0.217. The van der Waals surface area contributed by atoms with Gasteiger partial charge in [-0.05, 0) is 26.0 Å². The van der Waals surface area contributed by atoms with Gasteiger partial charge in [-0.2, -0.15) is 10.1 Å². The summed E-state index contributed by atoms with van der Waals surface area (Å²) in [5.74, 6) is 1.08. The van der Waals surface area contributed by atoms with Gasteiger partial charge in [0.2, 0.25) is 11.7 Å². The lowest BCUT2D eigenvalue weighted by Crippen LogP contribution is -2.33. The predicted octanol–water partition coefficient (Wildman–Crippen LogP) is 2.27. The fourth-order valence-corrected chi connectivity index (χ4v) is 2.01. The molecule has 110 valence electrons. The first-order chi connectivity index (χ1) is 10.2. The quantitative estimate of drug-likeness (QED) is 0.749. The SMILES string of the molecule is C[C@H]([C@@H](C)NCc1nc(-c2ccoc2)no1)n1cccn1. The van der Waals surface area contributed by atoms with Gasteiger partial charge >= 0.3 is 0 Å². The van der Waals surface area contributed by atoms with E-state index in [0.29, 0.717) is 18.3 Å². The molecular formula is C14H17N5O2. The van der Waals surface area contributed by atoms with Gasteiger partial charge in [0.25, 0.3) is 0 Å². The Morgan fingerprint density at radius 1 is 1.38 bits per heavy atom. The van der Waals surface area contributed by atoms with Crippen LogP contribution in [0.15, 0.2) is 46.0 Å². The van der Waals surface area contributed by atoms with Crippen LogP contribution in [-0.4, -0.2) is 26.0 Å². The lowest BCUT2D eigenvalue weighted by atomic mass is 10.2. The molecule has 0 spiro atoms. The summed E-state index contributed by atoms with van der Waals surface area (Å²) in [6.07, 6.45) is 6.90. The van der Waals surface area contributed by atoms with Crippen LogP contribution in [0.3, 0.4) is 0 Å². The maximum atomic E-state index is 5.22. The highest BCUT2D eigenvalue weighted by molar-refractivity contribution is 5.51. The van der Waals surface area contributed by atoms with Gasteiger partial charge in [-0.15, -0.1) is 0 Å². The summed E-state index contributed by atoms with van der Waals surface area (Å²) in [4.78, 5) is 4.32. The third-order valence-corrected chi connectivity index (χ3v) is 3.49. The molecule has 7 heteroatoms. The largest absolute Gasteiger partial charge is 0.472 e. The molecule has 3 aromatic rings. The number of aromatic nitrogens is 4. The second kappa shape index (κ2) is 5.92. The van der Waals surface area contributed by atoms with Crippen LogP contribution in [-0.2, 0) is 6.54 Å². The molecule has 3 aromatic heterocycles. The molecule has 0 aromatic carbocycles. The zero-order valence-electron chi connectivity index (χ0n) is 11.9. The van der Waals surface area contributed by atoms with Gasteiger partial charge in [0.1, 0.15) is 6.26 Å². The smallest absolute Gasteiger partial charge is 0.240 e. The van der Waals surface area contributed by atoms with Gasteiger partial charge in [0.15, 0.2) is 0 Å². The van der Waals surface area contributed by atoms with Crippen molar-refractivity contribution < 1.29 is 8.94 Å². The second-order valence-corrected chi connectivity index (χ2v) is 4.92. The fraction of sp³-hybridized carbons (Fsp3) is 0.357. The lowest BCUT2D eigenvalue weighted by molar-refractivity contribution is 0.325. The molecule has 0 saturated heterocycles. The second-order valence-electron chi connectivity index (χ2n) is 4.92. The molecule has 0 saturated carbocycles. The molecule has 7 nitrogen and oxygen atoms in total. The molecule has 0 bridgehead atoms. The van der Waals surface area contributed by atoms with Crippen molar-refractivity contribution in [3.63, 3.8) is 0 Å². The van der Waals surface area contributed by atoms with E-state index in [4.69, 9.17) is 8.94 Å². The molecule has 3 rings (SSSR count). The predicted molar refractivity (Wildman–Crippen MR) is 75.2 cm³/mol. The van der Waals surface area contributed by atoms with Crippen LogP contribution in [0.2, 0.25) is 0 Å². The number of nitrogens with one attached hydrogen (secondary N) is 1. The van der Waals surface area contributed by atoms with E-state index < -0.39 is 0 Å². The number of rotatable bonds is 6. The molecule has 0 unspecified atom stereocenters. The summed E-state index contributed by atoms with van der Waals surface area (Å²) < 4.78 is 12.1. The summed E-state index contributed by atoms with van der Waals surface area (Å²) in [5, 5.41) is 11.5. The summed E-state index contributed by atoms with van der Waals surface area (Å²) in [7, 11) is 0. The molecule has 0 fully saturated rings. The number of nitrogens with zero attached hydrogens (tertiary/aromatic N) is 4. The number of furan rings is 1. The Hall–Kier alpha value is -2.41. The number of hydrogen-bond donors (Lipinski definition) is 1. The Balaban J connectivity index is 1.58. The third-order valence-electron chi connectivity index (χ3n) is 3.49. The van der Waals surface area contributed by atoms with E-state index in [9.17, 15) is 0 Å². The highest BCUT2D eigenvalue weighted by atomic mass is 16.5. The van der Waals surface area contributed by atoms with Crippen molar-refractivity contribution in [2.45, 2.75) is 32.5 Å². The first-order valence-corrected chi connectivity index (χ1v) is 6.81. The van der Waals surface area contributed by atoms with Crippen LogP contribution in [0, 0.1) is 0 Å². The van der Waals surface area contributed by atoms with Crippen molar-refractivity contribution in [2.75, 3.05) is 0 Å². The van der Waals surface area contributed by atoms with E-state index in [1.165, 1.54) is 0 Å². The molecule has 0 aliphatic carbocycles. The molecule has 2 atom stereocenters. The highest BCUT2D eigenvalue weighted by Gasteiger charge is 2.15. The molecule has 1 N–H and O–H groups in total. The van der Waals surface area contributed by atoms with Crippen molar-refractivity contribution in [1.29, 1.82) is 0 Å². The maximum Gasteiger partial charge on any atom is 0.240 e. The van der Waals surface area contributed by atoms with Gasteiger partial charge in [-0.3, -0.25) is 4.68 Å². The van der Waals surface area contributed by atoms with Crippen LogP contribution in [0.25, 0.3) is 11.4 Å². The first kappa shape index (κ1) is 13.6. The van der Waals surface area contributed by atoms with Crippen molar-refractivity contribution in [2.24, 2.45) is 0 Å². The van der Waals surface area contributed by atoms with Gasteiger partial charge < -0.3 is 14.3 Å². The van der Waals surface area contributed by atoms with E-state index in [-0.39, 0.29) is 12.1 Å². The van der Waals surface area contributed by atoms with Crippen molar-refractivity contribution in [1.82, 2.24) is 25.2 Å². The zero-order valence-corrected chi connectivity index (χ0v) is 11.9. The van der Waals surface area contributed by atoms with Crippen LogP contribution in [0.5, 0.6) is 0 Å². The average Bonchev–Trinajstić information content (AvgIpc) is 3.25. The average molecular weight is 287 g/mol. The molecule has 21 heavy (non-hydrogen) atoms. The Kier molecular flexibility index (Phi) is 3.83. The van der Waals surface area contributed by atoms with Crippen molar-refractivity contribution in [3.8, 4) is 11.4 Å². The molecule has 3 heterocycles. The van der Waals surface area contributed by atoms with Crippen molar-refractivity contribution in [3.05, 3.63) is 42.9 Å². The first-order valence-electron chi connectivity index (χ1n) is 6.81.